The van der Waals surface area contributed by atoms with Gasteiger partial charge in [0.25, 0.3) is 5.91 Å². The average molecular weight is 343 g/mol. The molecule has 0 aromatic heterocycles. The summed E-state index contributed by atoms with van der Waals surface area (Å²) in [4.78, 5) is 13.1. The van der Waals surface area contributed by atoms with E-state index in [0.717, 1.165) is 10.5 Å². The average Bonchev–Trinajstić information content (AvgIpc) is 2.42. The van der Waals surface area contributed by atoms with Crippen molar-refractivity contribution >= 4 is 29.1 Å². The fraction of sp³-hybridized carbons (Fsp3) is 0.500. The summed E-state index contributed by atoms with van der Waals surface area (Å²) in [6.45, 7) is 6.49. The van der Waals surface area contributed by atoms with Crippen LogP contribution in [0, 0.1) is 17.2 Å². The number of benzene rings is 1. The summed E-state index contributed by atoms with van der Waals surface area (Å²) in [6, 6.07) is 7.62. The first-order valence-electron chi connectivity index (χ1n) is 7.15. The van der Waals surface area contributed by atoms with Crippen molar-refractivity contribution < 1.29 is 9.69 Å². The van der Waals surface area contributed by atoms with E-state index in [2.05, 4.69) is 11.4 Å². The fourth-order valence-corrected chi connectivity index (χ4v) is 2.29. The number of halogens is 2. The Bertz CT molecular complexity index is 583. The van der Waals surface area contributed by atoms with Gasteiger partial charge in [0.2, 0.25) is 0 Å². The van der Waals surface area contributed by atoms with E-state index in [9.17, 15) is 10.1 Å². The fourth-order valence-electron chi connectivity index (χ4n) is 1.97. The highest BCUT2D eigenvalue weighted by Crippen LogP contribution is 2.22. The van der Waals surface area contributed by atoms with Crippen molar-refractivity contribution in [3.63, 3.8) is 0 Å². The molecule has 1 aromatic rings. The molecule has 1 aromatic carbocycles. The highest BCUT2D eigenvalue weighted by molar-refractivity contribution is 6.42. The van der Waals surface area contributed by atoms with Gasteiger partial charge >= 0.3 is 0 Å². The van der Waals surface area contributed by atoms with E-state index < -0.39 is 5.54 Å². The zero-order chi connectivity index (χ0) is 16.9. The number of hydrogen-bond acceptors (Lipinski definition) is 2. The van der Waals surface area contributed by atoms with Gasteiger partial charge in [0.15, 0.2) is 6.54 Å². The van der Waals surface area contributed by atoms with E-state index in [0.29, 0.717) is 16.6 Å². The lowest BCUT2D eigenvalue weighted by atomic mass is 9.90. The highest BCUT2D eigenvalue weighted by atomic mass is 35.5. The highest BCUT2D eigenvalue weighted by Gasteiger charge is 2.30. The standard InChI is InChI=1S/C16H21Cl2N3O/c1-11(2)16(3,10-19)20-15(22)9-21(4)8-12-5-6-13(17)14(18)7-12/h5-7,11H,8-9H2,1-4H3,(H,20,22)/p+1/t16-/m0/s1. The second-order valence-electron chi connectivity index (χ2n) is 6.08. The molecule has 0 fully saturated rings. The lowest BCUT2D eigenvalue weighted by molar-refractivity contribution is -0.885. The normalized spacial score (nSPS) is 15.0. The molecule has 1 amide bonds. The van der Waals surface area contributed by atoms with Gasteiger partial charge in [-0.05, 0) is 25.0 Å². The van der Waals surface area contributed by atoms with Crippen molar-refractivity contribution in [3.8, 4) is 6.07 Å². The van der Waals surface area contributed by atoms with Crippen LogP contribution in [0.1, 0.15) is 26.3 Å². The summed E-state index contributed by atoms with van der Waals surface area (Å²) >= 11 is 11.9. The Kier molecular flexibility index (Phi) is 6.67. The number of quaternary nitrogens is 1. The largest absolute Gasteiger partial charge is 0.333 e. The van der Waals surface area contributed by atoms with E-state index in [1.807, 2.05) is 27.0 Å². The lowest BCUT2D eigenvalue weighted by Crippen LogP contribution is -3.09. The molecule has 0 bridgehead atoms. The monoisotopic (exact) mass is 342 g/mol. The topological polar surface area (TPSA) is 57.3 Å². The molecule has 2 N–H and O–H groups in total. The van der Waals surface area contributed by atoms with Crippen LogP contribution in [-0.2, 0) is 11.3 Å². The number of carbonyl (C=O) groups excluding carboxylic acids is 1. The second-order valence-corrected chi connectivity index (χ2v) is 6.89. The molecule has 1 rings (SSSR count). The van der Waals surface area contributed by atoms with Crippen LogP contribution in [-0.4, -0.2) is 25.0 Å². The molecule has 0 heterocycles. The van der Waals surface area contributed by atoms with E-state index in [4.69, 9.17) is 23.2 Å². The zero-order valence-electron chi connectivity index (χ0n) is 13.3. The number of nitriles is 1. The Morgan fingerprint density at radius 3 is 2.55 bits per heavy atom. The molecule has 0 aliphatic heterocycles. The summed E-state index contributed by atoms with van der Waals surface area (Å²) in [6.07, 6.45) is 0. The molecule has 0 aliphatic carbocycles. The molecule has 1 unspecified atom stereocenters. The molecule has 120 valence electrons. The molecule has 0 radical (unpaired) electrons. The van der Waals surface area contributed by atoms with Crippen LogP contribution in [0.25, 0.3) is 0 Å². The second kappa shape index (κ2) is 7.82. The van der Waals surface area contributed by atoms with E-state index in [1.165, 1.54) is 0 Å². The molecule has 0 aliphatic rings. The zero-order valence-corrected chi connectivity index (χ0v) is 14.8. The Morgan fingerprint density at radius 1 is 1.41 bits per heavy atom. The number of nitrogens with zero attached hydrogens (tertiary/aromatic N) is 1. The Balaban J connectivity index is 2.61. The summed E-state index contributed by atoms with van der Waals surface area (Å²) < 4.78 is 0. The minimum Gasteiger partial charge on any atom is -0.333 e. The first-order chi connectivity index (χ1) is 10.2. The van der Waals surface area contributed by atoms with Crippen molar-refractivity contribution in [2.24, 2.45) is 5.92 Å². The third-order valence-electron chi connectivity index (χ3n) is 3.74. The van der Waals surface area contributed by atoms with E-state index in [-0.39, 0.29) is 18.4 Å². The first kappa shape index (κ1) is 18.8. The molecule has 0 saturated carbocycles. The van der Waals surface area contributed by atoms with Crippen LogP contribution in [0.2, 0.25) is 10.0 Å². The number of carbonyl (C=O) groups is 1. The minimum atomic E-state index is -0.846. The van der Waals surface area contributed by atoms with Gasteiger partial charge in [-0.3, -0.25) is 4.79 Å². The van der Waals surface area contributed by atoms with E-state index in [1.54, 1.807) is 19.1 Å². The maximum absolute atomic E-state index is 12.1. The first-order valence-corrected chi connectivity index (χ1v) is 7.91. The molecule has 6 heteroatoms. The molecular weight excluding hydrogens is 321 g/mol. The minimum absolute atomic E-state index is 0.0387. The number of rotatable bonds is 6. The van der Waals surface area contributed by atoms with Gasteiger partial charge < -0.3 is 10.2 Å². The van der Waals surface area contributed by atoms with Gasteiger partial charge in [0, 0.05) is 5.56 Å². The summed E-state index contributed by atoms with van der Waals surface area (Å²) in [5.74, 6) is -0.105. The van der Waals surface area contributed by atoms with Crippen LogP contribution >= 0.6 is 23.2 Å². The quantitative estimate of drug-likeness (QED) is 0.831. The smallest absolute Gasteiger partial charge is 0.276 e. The SMILES string of the molecule is CC(C)[C@](C)(C#N)NC(=O)C[NH+](C)Cc1ccc(Cl)c(Cl)c1. The third-order valence-corrected chi connectivity index (χ3v) is 4.48. The Morgan fingerprint density at radius 2 is 2.05 bits per heavy atom. The number of amides is 1. The van der Waals surface area contributed by atoms with Crippen LogP contribution in [0.3, 0.4) is 0 Å². The van der Waals surface area contributed by atoms with Crippen molar-refractivity contribution in [1.29, 1.82) is 5.26 Å². The van der Waals surface area contributed by atoms with E-state index >= 15 is 0 Å². The van der Waals surface area contributed by atoms with Gasteiger partial charge in [-0.2, -0.15) is 5.26 Å². The molecular formula is C16H22Cl2N3O+. The van der Waals surface area contributed by atoms with Crippen molar-refractivity contribution in [2.45, 2.75) is 32.9 Å². The Hall–Kier alpha value is -1.28. The molecule has 4 nitrogen and oxygen atoms in total. The van der Waals surface area contributed by atoms with Crippen LogP contribution < -0.4 is 10.2 Å². The van der Waals surface area contributed by atoms with Crippen molar-refractivity contribution in [2.75, 3.05) is 13.6 Å². The van der Waals surface area contributed by atoms with Crippen molar-refractivity contribution in [1.82, 2.24) is 5.32 Å². The Labute approximate surface area is 142 Å². The van der Waals surface area contributed by atoms with Gasteiger partial charge in [-0.15, -0.1) is 0 Å². The van der Waals surface area contributed by atoms with Crippen molar-refractivity contribution in [3.05, 3.63) is 33.8 Å². The summed E-state index contributed by atoms with van der Waals surface area (Å²) in [7, 11) is 1.92. The number of likely N-dealkylation sites (N-methyl/N-ethyl adjacent to an activating group) is 1. The van der Waals surface area contributed by atoms with Gasteiger partial charge in [-0.1, -0.05) is 43.1 Å². The lowest BCUT2D eigenvalue weighted by Gasteiger charge is -2.27. The molecule has 0 spiro atoms. The van der Waals surface area contributed by atoms with Gasteiger partial charge in [0.1, 0.15) is 12.1 Å². The van der Waals surface area contributed by atoms with Gasteiger partial charge in [-0.25, -0.2) is 0 Å². The van der Waals surface area contributed by atoms with Gasteiger partial charge in [0.05, 0.1) is 23.2 Å². The molecule has 2 atom stereocenters. The summed E-state index contributed by atoms with van der Waals surface area (Å²) in [5, 5.41) is 13.1. The predicted octanol–water partition coefficient (Wildman–Crippen LogP) is 2.06. The predicted molar refractivity (Wildman–Crippen MR) is 88.9 cm³/mol. The maximum atomic E-state index is 12.1. The van der Waals surface area contributed by atoms with Crippen LogP contribution in [0.4, 0.5) is 0 Å². The number of hydrogen-bond donors (Lipinski definition) is 2. The van der Waals surface area contributed by atoms with Crippen LogP contribution in [0.15, 0.2) is 18.2 Å². The number of nitrogens with one attached hydrogen (secondary N) is 2. The molecule has 22 heavy (non-hydrogen) atoms. The summed E-state index contributed by atoms with van der Waals surface area (Å²) in [5.41, 5.74) is 0.160. The van der Waals surface area contributed by atoms with Crippen LogP contribution in [0.5, 0.6) is 0 Å². The third kappa shape index (κ3) is 5.17. The maximum Gasteiger partial charge on any atom is 0.276 e. The molecule has 0 saturated heterocycles.